The maximum Gasteiger partial charge on any atom is 0.333 e. The second kappa shape index (κ2) is 12.2. The van der Waals surface area contributed by atoms with Crippen LogP contribution in [-0.2, 0) is 16.6 Å². The van der Waals surface area contributed by atoms with Gasteiger partial charge in [0.1, 0.15) is 0 Å². The van der Waals surface area contributed by atoms with E-state index in [9.17, 15) is 9.59 Å². The number of aryl methyl sites for hydroxylation is 1. The van der Waals surface area contributed by atoms with Crippen LogP contribution in [0.2, 0.25) is 0 Å². The highest BCUT2D eigenvalue weighted by Gasteiger charge is 2.09. The van der Waals surface area contributed by atoms with Crippen LogP contribution in [0.25, 0.3) is 10.9 Å². The molecule has 0 aliphatic rings. The van der Waals surface area contributed by atoms with Gasteiger partial charge in [-0.2, -0.15) is 0 Å². The second-order valence-electron chi connectivity index (χ2n) is 8.11. The summed E-state index contributed by atoms with van der Waals surface area (Å²) in [5, 5.41) is 1.12. The zero-order chi connectivity index (χ0) is 21.9. The average molecular weight is 413 g/mol. The van der Waals surface area contributed by atoms with Gasteiger partial charge in [-0.25, -0.2) is 4.79 Å². The van der Waals surface area contributed by atoms with E-state index in [1.165, 1.54) is 32.1 Å². The van der Waals surface area contributed by atoms with E-state index < -0.39 is 0 Å². The minimum atomic E-state index is -0.288. The van der Waals surface area contributed by atoms with Gasteiger partial charge in [0.15, 0.2) is 0 Å². The number of rotatable bonds is 13. The van der Waals surface area contributed by atoms with Crippen molar-refractivity contribution in [2.24, 2.45) is 7.05 Å². The molecule has 0 unspecified atom stereocenters. The molecule has 0 N–H and O–H groups in total. The van der Waals surface area contributed by atoms with Crippen molar-refractivity contribution in [2.45, 2.75) is 58.3 Å². The van der Waals surface area contributed by atoms with Crippen molar-refractivity contribution in [1.82, 2.24) is 4.57 Å². The molecule has 0 atom stereocenters. The van der Waals surface area contributed by atoms with Crippen LogP contribution < -0.4 is 10.5 Å². The number of ether oxygens (including phenoxy) is 1. The number of hydrogen-bond donors (Lipinski definition) is 0. The molecule has 0 spiro atoms. The summed E-state index contributed by atoms with van der Waals surface area (Å²) < 4.78 is 6.80. The zero-order valence-corrected chi connectivity index (χ0v) is 18.8. The summed E-state index contributed by atoms with van der Waals surface area (Å²) in [6.45, 7) is 6.69. The van der Waals surface area contributed by atoms with Crippen LogP contribution in [0.3, 0.4) is 0 Å². The van der Waals surface area contributed by atoms with E-state index in [1.54, 1.807) is 17.6 Å². The number of benzene rings is 1. The minimum Gasteiger partial charge on any atom is -0.462 e. The quantitative estimate of drug-likeness (QED) is 0.257. The number of unbranched alkanes of at least 4 members (excludes halogenated alkanes) is 7. The molecule has 0 fully saturated rings. The van der Waals surface area contributed by atoms with Crippen molar-refractivity contribution in [2.75, 3.05) is 25.1 Å². The van der Waals surface area contributed by atoms with Gasteiger partial charge in [-0.1, -0.05) is 63.3 Å². The Balaban J connectivity index is 1.61. The summed E-state index contributed by atoms with van der Waals surface area (Å²) >= 11 is 0. The summed E-state index contributed by atoms with van der Waals surface area (Å²) in [6.07, 6.45) is 9.23. The Hall–Kier alpha value is -2.56. The monoisotopic (exact) mass is 412 g/mol. The van der Waals surface area contributed by atoms with Gasteiger partial charge in [0.2, 0.25) is 0 Å². The van der Waals surface area contributed by atoms with Gasteiger partial charge < -0.3 is 14.2 Å². The number of para-hydroxylation sites is 1. The topological polar surface area (TPSA) is 51.5 Å². The highest BCUT2D eigenvalue weighted by Crippen LogP contribution is 2.24. The van der Waals surface area contributed by atoms with E-state index in [2.05, 4.69) is 24.6 Å². The van der Waals surface area contributed by atoms with Crippen LogP contribution in [-0.4, -0.2) is 30.7 Å². The summed E-state index contributed by atoms with van der Waals surface area (Å²) in [6, 6.07) is 9.82. The number of aromatic nitrogens is 1. The van der Waals surface area contributed by atoms with Gasteiger partial charge >= 0.3 is 5.97 Å². The lowest BCUT2D eigenvalue weighted by Crippen LogP contribution is -2.23. The third-order valence-corrected chi connectivity index (χ3v) is 5.51. The molecular formula is C25H36N2O3. The van der Waals surface area contributed by atoms with Crippen molar-refractivity contribution >= 4 is 22.6 Å². The molecule has 5 heteroatoms. The van der Waals surface area contributed by atoms with E-state index in [0.29, 0.717) is 12.2 Å². The molecule has 0 saturated carbocycles. The molecule has 5 nitrogen and oxygen atoms in total. The van der Waals surface area contributed by atoms with Gasteiger partial charge in [-0.15, -0.1) is 0 Å². The van der Waals surface area contributed by atoms with Crippen LogP contribution in [0.5, 0.6) is 0 Å². The fourth-order valence-corrected chi connectivity index (χ4v) is 3.63. The van der Waals surface area contributed by atoms with E-state index in [1.807, 2.05) is 25.2 Å². The molecule has 0 aliphatic carbocycles. The number of nitrogens with zero attached hydrogens (tertiary/aromatic N) is 2. The Morgan fingerprint density at radius 2 is 1.63 bits per heavy atom. The predicted octanol–water partition coefficient (Wildman–Crippen LogP) is 5.21. The fraction of sp³-hybridized carbons (Fsp3) is 0.520. The van der Waals surface area contributed by atoms with Crippen molar-refractivity contribution in [3.8, 4) is 0 Å². The van der Waals surface area contributed by atoms with Gasteiger partial charge in [0.25, 0.3) is 5.56 Å². The summed E-state index contributed by atoms with van der Waals surface area (Å²) in [4.78, 5) is 25.7. The molecule has 2 rings (SSSR count). The van der Waals surface area contributed by atoms with E-state index in [-0.39, 0.29) is 11.5 Å². The number of anilines is 1. The molecule has 0 aliphatic heterocycles. The SMILES string of the molecule is C=C(C)C(=O)OCCCCCCCCCCN(C)c1cc(=O)n(C)c2ccccc12. The Labute approximate surface area is 180 Å². The Bertz CT molecular complexity index is 901. The Morgan fingerprint density at radius 3 is 2.30 bits per heavy atom. The summed E-state index contributed by atoms with van der Waals surface area (Å²) in [5.41, 5.74) is 2.48. The molecule has 164 valence electrons. The van der Waals surface area contributed by atoms with Crippen LogP contribution in [0, 0.1) is 0 Å². The third-order valence-electron chi connectivity index (χ3n) is 5.51. The van der Waals surface area contributed by atoms with Crippen LogP contribution in [0.15, 0.2) is 47.3 Å². The van der Waals surface area contributed by atoms with E-state index in [4.69, 9.17) is 4.74 Å². The molecule has 0 radical (unpaired) electrons. The van der Waals surface area contributed by atoms with Crippen LogP contribution in [0.4, 0.5) is 5.69 Å². The molecule has 1 aromatic heterocycles. The molecule has 2 aromatic rings. The number of hydrogen-bond acceptors (Lipinski definition) is 4. The van der Waals surface area contributed by atoms with Gasteiger partial charge in [-0.05, 0) is 25.8 Å². The average Bonchev–Trinajstić information content (AvgIpc) is 2.74. The lowest BCUT2D eigenvalue weighted by atomic mass is 10.1. The van der Waals surface area contributed by atoms with Crippen molar-refractivity contribution in [1.29, 1.82) is 0 Å². The van der Waals surface area contributed by atoms with Crippen molar-refractivity contribution < 1.29 is 9.53 Å². The standard InChI is InChI=1S/C25H36N2O3/c1-20(2)25(29)30-18-14-10-8-6-5-7-9-13-17-26(3)23-19-24(28)27(4)22-16-12-11-15-21(22)23/h11-12,15-16,19H,1,5-10,13-14,17-18H2,2-4H3. The fourth-order valence-electron chi connectivity index (χ4n) is 3.63. The van der Waals surface area contributed by atoms with Gasteiger partial charge in [-0.3, -0.25) is 4.79 Å². The molecular weight excluding hydrogens is 376 g/mol. The largest absolute Gasteiger partial charge is 0.462 e. The zero-order valence-electron chi connectivity index (χ0n) is 18.8. The number of carbonyl (C=O) groups excluding carboxylic acids is 1. The van der Waals surface area contributed by atoms with Crippen LogP contribution in [0.1, 0.15) is 58.3 Å². The molecule has 0 amide bonds. The number of fused-ring (bicyclic) bond motifs is 1. The first kappa shape index (κ1) is 23.7. The number of esters is 1. The van der Waals surface area contributed by atoms with Crippen molar-refractivity contribution in [3.05, 3.63) is 52.8 Å². The number of carbonyl (C=O) groups is 1. The van der Waals surface area contributed by atoms with Gasteiger partial charge in [0, 0.05) is 37.7 Å². The first-order valence-corrected chi connectivity index (χ1v) is 11.0. The summed E-state index contributed by atoms with van der Waals surface area (Å²) in [5.74, 6) is -0.288. The highest BCUT2D eigenvalue weighted by molar-refractivity contribution is 5.91. The van der Waals surface area contributed by atoms with Crippen LogP contribution >= 0.6 is 0 Å². The molecule has 1 heterocycles. The lowest BCUT2D eigenvalue weighted by Gasteiger charge is -2.22. The Kier molecular flexibility index (Phi) is 9.65. The predicted molar refractivity (Wildman–Crippen MR) is 125 cm³/mol. The van der Waals surface area contributed by atoms with Crippen molar-refractivity contribution in [3.63, 3.8) is 0 Å². The normalized spacial score (nSPS) is 10.9. The smallest absolute Gasteiger partial charge is 0.333 e. The van der Waals surface area contributed by atoms with E-state index >= 15 is 0 Å². The van der Waals surface area contributed by atoms with E-state index in [0.717, 1.165) is 42.4 Å². The lowest BCUT2D eigenvalue weighted by molar-refractivity contribution is -0.139. The molecule has 30 heavy (non-hydrogen) atoms. The maximum absolute atomic E-state index is 12.3. The molecule has 0 bridgehead atoms. The first-order chi connectivity index (χ1) is 14.4. The Morgan fingerprint density at radius 1 is 1.03 bits per heavy atom. The molecule has 0 saturated heterocycles. The summed E-state index contributed by atoms with van der Waals surface area (Å²) in [7, 11) is 3.89. The second-order valence-corrected chi connectivity index (χ2v) is 8.11. The highest BCUT2D eigenvalue weighted by atomic mass is 16.5. The third kappa shape index (κ3) is 7.05. The minimum absolute atomic E-state index is 0.0324. The molecule has 1 aromatic carbocycles. The maximum atomic E-state index is 12.3. The first-order valence-electron chi connectivity index (χ1n) is 11.0. The number of pyridine rings is 1. The van der Waals surface area contributed by atoms with Gasteiger partial charge in [0.05, 0.1) is 17.8 Å².